The summed E-state index contributed by atoms with van der Waals surface area (Å²) >= 11 is 0. The Balaban J connectivity index is 1.34. The first-order valence-corrected chi connectivity index (χ1v) is 10.9. The van der Waals surface area contributed by atoms with Gasteiger partial charge in [-0.3, -0.25) is 14.8 Å². The molecule has 0 bridgehead atoms. The maximum absolute atomic E-state index is 12.7. The number of esters is 1. The minimum absolute atomic E-state index is 0.00720. The van der Waals surface area contributed by atoms with Crippen LogP contribution < -0.4 is 4.90 Å². The molecule has 1 aromatic carbocycles. The molecule has 1 saturated heterocycles. The summed E-state index contributed by atoms with van der Waals surface area (Å²) in [5, 5.41) is 0. The fourth-order valence-corrected chi connectivity index (χ4v) is 4.37. The van der Waals surface area contributed by atoms with Gasteiger partial charge in [0.25, 0.3) is 0 Å². The van der Waals surface area contributed by atoms with Gasteiger partial charge in [-0.25, -0.2) is 0 Å². The second-order valence-electron chi connectivity index (χ2n) is 9.30. The Morgan fingerprint density at radius 2 is 1.87 bits per heavy atom. The fraction of sp³-hybridized carbons (Fsp3) is 0.480. The fourth-order valence-electron chi connectivity index (χ4n) is 4.37. The number of fused-ring (bicyclic) bond motifs is 1. The highest BCUT2D eigenvalue weighted by molar-refractivity contribution is 6.06. The maximum Gasteiger partial charge on any atom is 0.309 e. The number of carbonyl (C=O) groups is 1. The van der Waals surface area contributed by atoms with Crippen molar-refractivity contribution in [3.05, 3.63) is 59.4 Å². The zero-order valence-corrected chi connectivity index (χ0v) is 18.2. The Labute approximate surface area is 179 Å². The molecule has 158 valence electrons. The monoisotopic (exact) mass is 405 g/mol. The summed E-state index contributed by atoms with van der Waals surface area (Å²) in [5.74, 6) is -0.0979. The third-order valence-electron chi connectivity index (χ3n) is 6.03. The molecule has 2 aliphatic heterocycles. The van der Waals surface area contributed by atoms with E-state index in [9.17, 15) is 4.79 Å². The zero-order valence-electron chi connectivity index (χ0n) is 18.2. The molecule has 1 fully saturated rings. The van der Waals surface area contributed by atoms with Crippen LogP contribution in [0.3, 0.4) is 0 Å². The molecule has 0 spiro atoms. The van der Waals surface area contributed by atoms with E-state index in [1.54, 1.807) is 0 Å². The number of carbonyl (C=O) groups excluding carboxylic acids is 1. The summed E-state index contributed by atoms with van der Waals surface area (Å²) < 4.78 is 5.71. The number of hydrogen-bond donors (Lipinski definition) is 0. The standard InChI is InChI=1S/C25H31N3O2/c1-25(2,3)23-22-16-18(4-5-19(22)6-13-27-23)17-30-24(29)20-9-14-28(15-10-20)21-7-11-26-12-8-21/h4-5,7-8,11-12,16,20H,6,9-10,13-15,17H2,1-3H3. The van der Waals surface area contributed by atoms with E-state index < -0.39 is 0 Å². The SMILES string of the molecule is CC(C)(C)C1=NCCc2ccc(COC(=O)C3CCN(c4ccncc4)CC3)cc21. The first kappa shape index (κ1) is 20.6. The Kier molecular flexibility index (Phi) is 5.89. The van der Waals surface area contributed by atoms with E-state index >= 15 is 0 Å². The number of aromatic nitrogens is 1. The highest BCUT2D eigenvalue weighted by atomic mass is 16.5. The van der Waals surface area contributed by atoms with E-state index in [0.717, 1.165) is 50.2 Å². The van der Waals surface area contributed by atoms with Crippen molar-refractivity contribution in [2.45, 2.75) is 46.6 Å². The molecule has 30 heavy (non-hydrogen) atoms. The number of ether oxygens (including phenoxy) is 1. The van der Waals surface area contributed by atoms with Gasteiger partial charge < -0.3 is 9.64 Å². The number of benzene rings is 1. The number of hydrogen-bond acceptors (Lipinski definition) is 5. The smallest absolute Gasteiger partial charge is 0.309 e. The van der Waals surface area contributed by atoms with Gasteiger partial charge in [0.05, 0.1) is 5.92 Å². The van der Waals surface area contributed by atoms with Gasteiger partial charge in [-0.15, -0.1) is 0 Å². The molecule has 2 aliphatic rings. The van der Waals surface area contributed by atoms with E-state index in [2.05, 4.69) is 48.9 Å². The average Bonchev–Trinajstić information content (AvgIpc) is 2.77. The number of nitrogens with zero attached hydrogens (tertiary/aromatic N) is 3. The number of piperidine rings is 1. The van der Waals surface area contributed by atoms with Gasteiger partial charge in [0, 0.05) is 48.8 Å². The van der Waals surface area contributed by atoms with E-state index in [0.29, 0.717) is 6.61 Å². The van der Waals surface area contributed by atoms with Crippen LogP contribution in [0.25, 0.3) is 0 Å². The van der Waals surface area contributed by atoms with Crippen molar-refractivity contribution in [1.29, 1.82) is 0 Å². The number of rotatable bonds is 4. The quantitative estimate of drug-likeness (QED) is 0.706. The summed E-state index contributed by atoms with van der Waals surface area (Å²) in [6, 6.07) is 10.5. The molecule has 0 atom stereocenters. The Morgan fingerprint density at radius 3 is 2.57 bits per heavy atom. The molecular weight excluding hydrogens is 374 g/mol. The molecule has 0 amide bonds. The first-order valence-electron chi connectivity index (χ1n) is 10.9. The minimum Gasteiger partial charge on any atom is -0.461 e. The third kappa shape index (κ3) is 4.55. The molecule has 0 radical (unpaired) electrons. The molecule has 0 unspecified atom stereocenters. The highest BCUT2D eigenvalue weighted by Gasteiger charge is 2.27. The molecule has 5 heteroatoms. The number of anilines is 1. The Morgan fingerprint density at radius 1 is 1.13 bits per heavy atom. The van der Waals surface area contributed by atoms with Crippen molar-refractivity contribution in [2.75, 3.05) is 24.5 Å². The minimum atomic E-state index is -0.0770. The Hall–Kier alpha value is -2.69. The molecular formula is C25H31N3O2. The van der Waals surface area contributed by atoms with Crippen molar-refractivity contribution < 1.29 is 9.53 Å². The highest BCUT2D eigenvalue weighted by Crippen LogP contribution is 2.29. The van der Waals surface area contributed by atoms with Gasteiger partial charge >= 0.3 is 5.97 Å². The second-order valence-corrected chi connectivity index (χ2v) is 9.30. The summed E-state index contributed by atoms with van der Waals surface area (Å²) in [6.07, 6.45) is 6.25. The molecule has 0 saturated carbocycles. The van der Waals surface area contributed by atoms with Crippen LogP contribution in [0, 0.1) is 11.3 Å². The number of aliphatic imine (C=N–C) groups is 1. The summed E-state index contributed by atoms with van der Waals surface area (Å²) in [4.78, 5) is 23.8. The molecule has 0 aliphatic carbocycles. The number of pyridine rings is 1. The average molecular weight is 406 g/mol. The van der Waals surface area contributed by atoms with Crippen LogP contribution in [0.15, 0.2) is 47.7 Å². The zero-order chi connectivity index (χ0) is 21.1. The normalized spacial score (nSPS) is 17.3. The van der Waals surface area contributed by atoms with Crippen LogP contribution in [0.4, 0.5) is 5.69 Å². The van der Waals surface area contributed by atoms with Crippen LogP contribution >= 0.6 is 0 Å². The summed E-state index contributed by atoms with van der Waals surface area (Å²) in [5.41, 5.74) is 5.92. The van der Waals surface area contributed by atoms with E-state index in [1.807, 2.05) is 24.5 Å². The maximum atomic E-state index is 12.7. The van der Waals surface area contributed by atoms with Crippen LogP contribution in [-0.4, -0.2) is 36.3 Å². The van der Waals surface area contributed by atoms with E-state index in [4.69, 9.17) is 9.73 Å². The van der Waals surface area contributed by atoms with Gasteiger partial charge in [0.1, 0.15) is 6.61 Å². The molecule has 1 aromatic heterocycles. The third-order valence-corrected chi connectivity index (χ3v) is 6.03. The van der Waals surface area contributed by atoms with Crippen molar-refractivity contribution >= 4 is 17.4 Å². The molecule has 3 heterocycles. The van der Waals surface area contributed by atoms with Crippen LogP contribution in [0.2, 0.25) is 0 Å². The van der Waals surface area contributed by atoms with Crippen LogP contribution in [0.5, 0.6) is 0 Å². The summed E-state index contributed by atoms with van der Waals surface area (Å²) in [7, 11) is 0. The Bertz CT molecular complexity index is 923. The molecule has 0 N–H and O–H groups in total. The van der Waals surface area contributed by atoms with Crippen LogP contribution in [-0.2, 0) is 22.6 Å². The van der Waals surface area contributed by atoms with Crippen molar-refractivity contribution in [1.82, 2.24) is 4.98 Å². The van der Waals surface area contributed by atoms with E-state index in [1.165, 1.54) is 16.8 Å². The lowest BCUT2D eigenvalue weighted by Crippen LogP contribution is -2.36. The predicted molar refractivity (Wildman–Crippen MR) is 120 cm³/mol. The molecule has 2 aromatic rings. The molecule has 5 nitrogen and oxygen atoms in total. The lowest BCUT2D eigenvalue weighted by atomic mass is 9.81. The topological polar surface area (TPSA) is 54.8 Å². The van der Waals surface area contributed by atoms with Crippen LogP contribution in [0.1, 0.15) is 50.3 Å². The van der Waals surface area contributed by atoms with Gasteiger partial charge in [0.15, 0.2) is 0 Å². The van der Waals surface area contributed by atoms with Crippen molar-refractivity contribution in [3.63, 3.8) is 0 Å². The lowest BCUT2D eigenvalue weighted by molar-refractivity contribution is -0.150. The van der Waals surface area contributed by atoms with Crippen molar-refractivity contribution in [2.24, 2.45) is 16.3 Å². The summed E-state index contributed by atoms with van der Waals surface area (Å²) in [6.45, 7) is 9.52. The van der Waals surface area contributed by atoms with Crippen molar-refractivity contribution in [3.8, 4) is 0 Å². The lowest BCUT2D eigenvalue weighted by Gasteiger charge is -2.32. The molecule has 4 rings (SSSR count). The first-order chi connectivity index (χ1) is 14.4. The van der Waals surface area contributed by atoms with Gasteiger partial charge in [-0.2, -0.15) is 0 Å². The van der Waals surface area contributed by atoms with E-state index in [-0.39, 0.29) is 17.3 Å². The second kappa shape index (κ2) is 8.58. The predicted octanol–water partition coefficient (Wildman–Crippen LogP) is 4.43. The largest absolute Gasteiger partial charge is 0.461 e. The van der Waals surface area contributed by atoms with Gasteiger partial charge in [-0.1, -0.05) is 32.9 Å². The van der Waals surface area contributed by atoms with Gasteiger partial charge in [-0.05, 0) is 54.2 Å². The van der Waals surface area contributed by atoms with Gasteiger partial charge in [0.2, 0.25) is 0 Å².